The lowest BCUT2D eigenvalue weighted by atomic mass is 10.4. The Morgan fingerprint density at radius 3 is 1.42 bits per heavy atom. The van der Waals surface area contributed by atoms with Gasteiger partial charge in [0.2, 0.25) is 0 Å². The molecule has 2 fully saturated rings. The number of hydrogen-bond acceptors (Lipinski definition) is 4. The van der Waals surface area contributed by atoms with Crippen LogP contribution in [-0.4, -0.2) is 38.6 Å². The molecule has 0 spiro atoms. The molecule has 6 heteroatoms. The van der Waals surface area contributed by atoms with Crippen LogP contribution in [0.4, 0.5) is 0 Å². The monoisotopic (exact) mass is 408 g/mol. The van der Waals surface area contributed by atoms with E-state index in [1.807, 2.05) is 11.2 Å². The van der Waals surface area contributed by atoms with Crippen LogP contribution in [0, 0.1) is 0 Å². The van der Waals surface area contributed by atoms with Gasteiger partial charge >= 0.3 is 7.71 Å². The largest absolute Gasteiger partial charge is 0.407 e. The molecule has 0 unspecified atom stereocenters. The molecule has 0 aliphatic carbocycles. The molecule has 0 saturated carbocycles. The van der Waals surface area contributed by atoms with E-state index in [0.717, 1.165) is 6.04 Å². The lowest BCUT2D eigenvalue weighted by Crippen LogP contribution is -2.49. The van der Waals surface area contributed by atoms with Crippen LogP contribution in [0.15, 0.2) is 0 Å². The maximum Gasteiger partial charge on any atom is 0.407 e. The zero-order chi connectivity index (χ0) is 18.1. The van der Waals surface area contributed by atoms with Crippen molar-refractivity contribution < 1.29 is 8.85 Å². The molecule has 2 saturated heterocycles. The summed E-state index contributed by atoms with van der Waals surface area (Å²) in [6.45, 7) is 13.0. The molecule has 0 atom stereocenters. The predicted molar refractivity (Wildman–Crippen MR) is 118 cm³/mol. The van der Waals surface area contributed by atoms with Crippen LogP contribution in [0.2, 0.25) is 24.2 Å². The van der Waals surface area contributed by atoms with Crippen LogP contribution in [0.5, 0.6) is 0 Å². The second-order valence-electron chi connectivity index (χ2n) is 7.60. The fourth-order valence-electron chi connectivity index (χ4n) is 3.11. The highest BCUT2D eigenvalue weighted by Gasteiger charge is 2.47. The summed E-state index contributed by atoms with van der Waals surface area (Å²) in [7, 11) is -2.42. The van der Waals surface area contributed by atoms with Crippen molar-refractivity contribution in [3.05, 3.63) is 0 Å². The first-order chi connectivity index (χ1) is 11.4. The van der Waals surface area contributed by atoms with Gasteiger partial charge in [0.25, 0.3) is 0 Å². The van der Waals surface area contributed by atoms with Gasteiger partial charge in [-0.3, -0.25) is 0 Å². The van der Waals surface area contributed by atoms with E-state index in [9.17, 15) is 0 Å². The van der Waals surface area contributed by atoms with E-state index in [1.165, 1.54) is 37.2 Å². The Hall–Kier alpha value is 1.05. The van der Waals surface area contributed by atoms with Gasteiger partial charge in [0.15, 0.2) is 0 Å². The van der Waals surface area contributed by atoms with Gasteiger partial charge in [0.05, 0.1) is 0 Å². The molecule has 0 aromatic rings. The number of rotatable bonds is 10. The highest BCUT2D eigenvalue weighted by molar-refractivity contribution is 8.31. The molecule has 2 aliphatic heterocycles. The Balaban J connectivity index is 0.000000240. The first kappa shape index (κ1) is 23.1. The third-order valence-corrected chi connectivity index (χ3v) is 20.7. The van der Waals surface area contributed by atoms with Crippen LogP contribution in [0.1, 0.15) is 67.2 Å². The highest BCUT2D eigenvalue weighted by atomic mass is 32.4. The topological polar surface area (TPSA) is 18.5 Å². The molecule has 0 amide bonds. The van der Waals surface area contributed by atoms with Crippen molar-refractivity contribution >= 4 is 37.4 Å². The Kier molecular flexibility index (Phi) is 11.3. The van der Waals surface area contributed by atoms with Crippen molar-refractivity contribution in [3.8, 4) is 0 Å². The van der Waals surface area contributed by atoms with Crippen molar-refractivity contribution in [2.24, 2.45) is 0 Å². The third kappa shape index (κ3) is 8.17. The lowest BCUT2D eigenvalue weighted by molar-refractivity contribution is 0.121. The molecule has 2 aliphatic rings. The molecule has 0 aromatic carbocycles. The lowest BCUT2D eigenvalue weighted by Gasteiger charge is -2.39. The SMILES string of the molecule is CC(C)O[Si]1(OC(C)C)CCS1.CCCC[Si]1(CCCC)CCS1. The Morgan fingerprint density at radius 2 is 1.21 bits per heavy atom. The van der Waals surface area contributed by atoms with E-state index in [-0.39, 0.29) is 0 Å². The zero-order valence-corrected chi connectivity index (χ0v) is 20.5. The molecular weight excluding hydrogens is 369 g/mol. The fourth-order valence-corrected chi connectivity index (χ4v) is 16.6. The van der Waals surface area contributed by atoms with Crippen LogP contribution in [0.25, 0.3) is 0 Å². The van der Waals surface area contributed by atoms with Gasteiger partial charge in [-0.25, -0.2) is 0 Å². The molecule has 2 nitrogen and oxygen atoms in total. The minimum Gasteiger partial charge on any atom is -0.384 e. The van der Waals surface area contributed by atoms with Crippen molar-refractivity contribution in [2.75, 3.05) is 11.5 Å². The van der Waals surface area contributed by atoms with Gasteiger partial charge in [-0.1, -0.05) is 39.5 Å². The smallest absolute Gasteiger partial charge is 0.384 e. The molecule has 144 valence electrons. The highest BCUT2D eigenvalue weighted by Crippen LogP contribution is 2.45. The molecule has 0 radical (unpaired) electrons. The summed E-state index contributed by atoms with van der Waals surface area (Å²) < 4.78 is 11.7. The van der Waals surface area contributed by atoms with E-state index in [2.05, 4.69) is 52.8 Å². The van der Waals surface area contributed by atoms with E-state index in [0.29, 0.717) is 12.2 Å². The summed E-state index contributed by atoms with van der Waals surface area (Å²) in [5.41, 5.74) is 0. The number of unbranched alkanes of at least 4 members (excludes halogenated alkanes) is 2. The van der Waals surface area contributed by atoms with Crippen LogP contribution in [-0.2, 0) is 8.85 Å². The summed E-state index contributed by atoms with van der Waals surface area (Å²) in [4.78, 5) is 0. The van der Waals surface area contributed by atoms with Crippen LogP contribution < -0.4 is 0 Å². The van der Waals surface area contributed by atoms with Crippen molar-refractivity contribution in [3.63, 3.8) is 0 Å². The van der Waals surface area contributed by atoms with Crippen molar-refractivity contribution in [1.82, 2.24) is 0 Å². The average Bonchev–Trinajstić information content (AvgIpc) is 2.43. The van der Waals surface area contributed by atoms with Gasteiger partial charge < -0.3 is 8.85 Å². The summed E-state index contributed by atoms with van der Waals surface area (Å²) in [6, 6.07) is 6.04. The van der Waals surface area contributed by atoms with Gasteiger partial charge in [-0.15, -0.1) is 11.2 Å². The Morgan fingerprint density at radius 1 is 0.792 bits per heavy atom. The van der Waals surface area contributed by atoms with Crippen molar-refractivity contribution in [1.29, 1.82) is 0 Å². The van der Waals surface area contributed by atoms with Gasteiger partial charge in [0.1, 0.15) is 7.22 Å². The number of hydrogen-bond donors (Lipinski definition) is 0. The third-order valence-electron chi connectivity index (χ3n) is 4.50. The van der Waals surface area contributed by atoms with E-state index in [1.54, 1.807) is 18.1 Å². The molecular formula is C18H40O2S2Si2. The normalized spacial score (nSPS) is 21.0. The maximum absolute atomic E-state index is 5.86. The summed E-state index contributed by atoms with van der Waals surface area (Å²) in [6.07, 6.45) is 6.43. The first-order valence-electron chi connectivity index (χ1n) is 10.0. The standard InChI is InChI=1S/C10H22SSi.C8H18O2SSi/c1-3-5-8-12(9-6-4-2)10-7-11-12;1-7(2)9-12(6-5-11-12)10-8(3)4/h3-10H2,1-2H3;7-8H,5-6H2,1-4H3. The molecule has 2 rings (SSSR count). The predicted octanol–water partition coefficient (Wildman–Crippen LogP) is 6.80. The zero-order valence-electron chi connectivity index (χ0n) is 16.9. The minimum atomic E-state index is -1.75. The second-order valence-corrected chi connectivity index (χ2v) is 21.4. The summed E-state index contributed by atoms with van der Waals surface area (Å²) >= 11 is 4.28. The van der Waals surface area contributed by atoms with Crippen LogP contribution in [0.3, 0.4) is 0 Å². The fraction of sp³-hybridized carbons (Fsp3) is 1.00. The second kappa shape index (κ2) is 11.7. The molecule has 24 heavy (non-hydrogen) atoms. The quantitative estimate of drug-likeness (QED) is 0.370. The molecule has 0 bridgehead atoms. The van der Waals surface area contributed by atoms with Crippen LogP contribution >= 0.6 is 22.4 Å². The summed E-state index contributed by atoms with van der Waals surface area (Å²) in [5, 5.41) is 0. The van der Waals surface area contributed by atoms with Gasteiger partial charge in [0, 0.05) is 18.3 Å². The average molecular weight is 409 g/mol. The van der Waals surface area contributed by atoms with E-state index in [4.69, 9.17) is 8.85 Å². The molecule has 0 aromatic heterocycles. The van der Waals surface area contributed by atoms with E-state index >= 15 is 0 Å². The first-order valence-corrected chi connectivity index (χ1v) is 18.1. The van der Waals surface area contributed by atoms with Gasteiger partial charge in [-0.2, -0.15) is 11.2 Å². The Bertz CT molecular complexity index is 311. The van der Waals surface area contributed by atoms with Crippen molar-refractivity contribution in [2.45, 2.75) is 104 Å². The molecule has 2 heterocycles. The van der Waals surface area contributed by atoms with Gasteiger partial charge in [-0.05, 0) is 57.3 Å². The molecule has 0 N–H and O–H groups in total. The Labute approximate surface area is 161 Å². The maximum atomic E-state index is 5.86. The minimum absolute atomic E-state index is 0.309. The summed E-state index contributed by atoms with van der Waals surface area (Å²) in [5.74, 6) is 2.70. The van der Waals surface area contributed by atoms with E-state index < -0.39 is 14.9 Å².